The Kier molecular flexibility index (Phi) is 5.86. The molecule has 108 valence electrons. The van der Waals surface area contributed by atoms with E-state index in [1.807, 2.05) is 25.9 Å². The van der Waals surface area contributed by atoms with Crippen molar-refractivity contribution in [2.45, 2.75) is 13.0 Å². The number of carboxylic acid groups (broad SMARTS) is 1. The molecular weight excluding hydrogens is 258 g/mol. The van der Waals surface area contributed by atoms with E-state index in [-0.39, 0.29) is 11.9 Å². The summed E-state index contributed by atoms with van der Waals surface area (Å²) in [6.07, 6.45) is 3.91. The zero-order chi connectivity index (χ0) is 15.1. The van der Waals surface area contributed by atoms with E-state index in [2.05, 4.69) is 10.3 Å². The zero-order valence-electron chi connectivity index (χ0n) is 11.8. The molecule has 0 aliphatic rings. The van der Waals surface area contributed by atoms with Crippen molar-refractivity contribution in [3.8, 4) is 0 Å². The van der Waals surface area contributed by atoms with E-state index in [0.717, 1.165) is 6.08 Å². The highest BCUT2D eigenvalue weighted by Gasteiger charge is 2.09. The van der Waals surface area contributed by atoms with Gasteiger partial charge in [0.1, 0.15) is 5.69 Å². The predicted molar refractivity (Wildman–Crippen MR) is 76.4 cm³/mol. The van der Waals surface area contributed by atoms with Crippen molar-refractivity contribution in [2.24, 2.45) is 0 Å². The number of carboxylic acids is 1. The highest BCUT2D eigenvalue weighted by atomic mass is 16.4. The molecule has 1 aromatic heterocycles. The van der Waals surface area contributed by atoms with Crippen molar-refractivity contribution in [3.63, 3.8) is 0 Å². The fourth-order valence-electron chi connectivity index (χ4n) is 1.32. The van der Waals surface area contributed by atoms with Gasteiger partial charge in [-0.3, -0.25) is 9.78 Å². The largest absolute Gasteiger partial charge is 0.478 e. The normalized spacial score (nSPS) is 12.6. The van der Waals surface area contributed by atoms with Crippen molar-refractivity contribution in [1.29, 1.82) is 0 Å². The fourth-order valence-corrected chi connectivity index (χ4v) is 1.32. The van der Waals surface area contributed by atoms with E-state index < -0.39 is 5.97 Å². The summed E-state index contributed by atoms with van der Waals surface area (Å²) in [6.45, 7) is 2.54. The van der Waals surface area contributed by atoms with Gasteiger partial charge in [-0.25, -0.2) is 4.79 Å². The quantitative estimate of drug-likeness (QED) is 0.754. The van der Waals surface area contributed by atoms with E-state index in [1.54, 1.807) is 12.1 Å². The van der Waals surface area contributed by atoms with E-state index in [9.17, 15) is 9.59 Å². The van der Waals surface area contributed by atoms with Crippen molar-refractivity contribution in [1.82, 2.24) is 15.2 Å². The molecule has 6 heteroatoms. The number of nitrogens with zero attached hydrogens (tertiary/aromatic N) is 2. The fraction of sp³-hybridized carbons (Fsp3) is 0.357. The Labute approximate surface area is 118 Å². The maximum Gasteiger partial charge on any atom is 0.328 e. The van der Waals surface area contributed by atoms with Crippen molar-refractivity contribution in [3.05, 3.63) is 35.7 Å². The lowest BCUT2D eigenvalue weighted by molar-refractivity contribution is -0.131. The molecule has 1 rings (SSSR count). The van der Waals surface area contributed by atoms with Gasteiger partial charge in [0.2, 0.25) is 0 Å². The second-order valence-electron chi connectivity index (χ2n) is 4.67. The number of amides is 1. The Bertz CT molecular complexity index is 495. The zero-order valence-corrected chi connectivity index (χ0v) is 11.8. The number of aliphatic carboxylic acids is 1. The van der Waals surface area contributed by atoms with Crippen LogP contribution >= 0.6 is 0 Å². The van der Waals surface area contributed by atoms with Gasteiger partial charge < -0.3 is 15.3 Å². The summed E-state index contributed by atoms with van der Waals surface area (Å²) < 4.78 is 0. The first-order chi connectivity index (χ1) is 9.40. The first kappa shape index (κ1) is 15.8. The van der Waals surface area contributed by atoms with E-state index in [4.69, 9.17) is 5.11 Å². The summed E-state index contributed by atoms with van der Waals surface area (Å²) in [5, 5.41) is 11.3. The van der Waals surface area contributed by atoms with Crippen LogP contribution in [0, 0.1) is 0 Å². The number of hydrogen-bond acceptors (Lipinski definition) is 4. The highest BCUT2D eigenvalue weighted by Crippen LogP contribution is 2.03. The van der Waals surface area contributed by atoms with Gasteiger partial charge in [0.15, 0.2) is 0 Å². The Morgan fingerprint density at radius 1 is 1.45 bits per heavy atom. The Balaban J connectivity index is 2.59. The summed E-state index contributed by atoms with van der Waals surface area (Å²) in [5.74, 6) is -1.27. The average molecular weight is 277 g/mol. The van der Waals surface area contributed by atoms with E-state index in [0.29, 0.717) is 17.8 Å². The molecule has 6 nitrogen and oxygen atoms in total. The number of carbonyl (C=O) groups is 2. The Morgan fingerprint density at radius 3 is 2.65 bits per heavy atom. The topological polar surface area (TPSA) is 82.5 Å². The van der Waals surface area contributed by atoms with Gasteiger partial charge in [-0.15, -0.1) is 0 Å². The van der Waals surface area contributed by atoms with Crippen LogP contribution in [-0.4, -0.2) is 53.5 Å². The molecule has 0 aliphatic heterocycles. The molecule has 1 heterocycles. The molecule has 0 radical (unpaired) electrons. The van der Waals surface area contributed by atoms with Crippen molar-refractivity contribution in [2.75, 3.05) is 20.6 Å². The molecular formula is C14H19N3O3. The van der Waals surface area contributed by atoms with Gasteiger partial charge in [0.05, 0.1) is 0 Å². The molecule has 0 aromatic carbocycles. The first-order valence-corrected chi connectivity index (χ1v) is 6.22. The lowest BCUT2D eigenvalue weighted by Gasteiger charge is -2.19. The molecule has 0 fully saturated rings. The molecule has 0 aliphatic carbocycles. The van der Waals surface area contributed by atoms with Crippen LogP contribution in [0.2, 0.25) is 0 Å². The molecule has 1 amide bonds. The summed E-state index contributed by atoms with van der Waals surface area (Å²) in [6, 6.07) is 3.45. The van der Waals surface area contributed by atoms with Crippen molar-refractivity contribution < 1.29 is 14.7 Å². The number of nitrogens with one attached hydrogen (secondary N) is 1. The smallest absolute Gasteiger partial charge is 0.328 e. The molecule has 2 N–H and O–H groups in total. The van der Waals surface area contributed by atoms with Gasteiger partial charge in [0, 0.05) is 24.9 Å². The third-order valence-electron chi connectivity index (χ3n) is 2.88. The summed E-state index contributed by atoms with van der Waals surface area (Å²) in [7, 11) is 3.89. The van der Waals surface area contributed by atoms with Crippen LogP contribution in [0.4, 0.5) is 0 Å². The number of likely N-dealkylation sites (N-methyl/N-ethyl adjacent to an activating group) is 1. The average Bonchev–Trinajstić information content (AvgIpc) is 2.42. The van der Waals surface area contributed by atoms with Crippen LogP contribution in [0.15, 0.2) is 24.4 Å². The third kappa shape index (κ3) is 5.19. The second-order valence-corrected chi connectivity index (χ2v) is 4.67. The van der Waals surface area contributed by atoms with Crippen LogP contribution in [0.3, 0.4) is 0 Å². The molecule has 0 bridgehead atoms. The number of aromatic nitrogens is 1. The van der Waals surface area contributed by atoms with Crippen LogP contribution in [0.1, 0.15) is 23.0 Å². The minimum Gasteiger partial charge on any atom is -0.478 e. The summed E-state index contributed by atoms with van der Waals surface area (Å²) in [5.41, 5.74) is 0.939. The first-order valence-electron chi connectivity index (χ1n) is 6.22. The Hall–Kier alpha value is -2.21. The minimum atomic E-state index is -1.02. The lowest BCUT2D eigenvalue weighted by Crippen LogP contribution is -2.38. The molecule has 0 saturated carbocycles. The number of hydrogen-bond donors (Lipinski definition) is 2. The number of carbonyl (C=O) groups excluding carboxylic acids is 1. The minimum absolute atomic E-state index is 0.233. The van der Waals surface area contributed by atoms with Gasteiger partial charge in [0.25, 0.3) is 5.91 Å². The van der Waals surface area contributed by atoms with E-state index in [1.165, 1.54) is 12.3 Å². The standard InChI is InChI=1S/C14H19N3O3/c1-10(17(2)3)8-16-14(20)12-6-4-11(9-15-12)5-7-13(18)19/h4-7,9-10H,8H2,1-3H3,(H,16,20)(H,18,19). The maximum atomic E-state index is 11.8. The van der Waals surface area contributed by atoms with E-state index >= 15 is 0 Å². The van der Waals surface area contributed by atoms with Gasteiger partial charge >= 0.3 is 5.97 Å². The predicted octanol–water partition coefficient (Wildman–Crippen LogP) is 0.859. The van der Waals surface area contributed by atoms with Crippen LogP contribution in [-0.2, 0) is 4.79 Å². The van der Waals surface area contributed by atoms with Gasteiger partial charge in [-0.2, -0.15) is 0 Å². The molecule has 1 aromatic rings. The van der Waals surface area contributed by atoms with Crippen LogP contribution in [0.5, 0.6) is 0 Å². The summed E-state index contributed by atoms with van der Waals surface area (Å²) in [4.78, 5) is 28.2. The maximum absolute atomic E-state index is 11.8. The van der Waals surface area contributed by atoms with Gasteiger partial charge in [-0.05, 0) is 38.7 Å². The third-order valence-corrected chi connectivity index (χ3v) is 2.88. The molecule has 0 spiro atoms. The lowest BCUT2D eigenvalue weighted by atomic mass is 10.2. The van der Waals surface area contributed by atoms with Crippen LogP contribution in [0.25, 0.3) is 6.08 Å². The second kappa shape index (κ2) is 7.40. The number of pyridine rings is 1. The monoisotopic (exact) mass is 277 g/mol. The Morgan fingerprint density at radius 2 is 2.15 bits per heavy atom. The molecule has 1 atom stereocenters. The van der Waals surface area contributed by atoms with Crippen LogP contribution < -0.4 is 5.32 Å². The molecule has 0 saturated heterocycles. The number of rotatable bonds is 6. The molecule has 20 heavy (non-hydrogen) atoms. The SMILES string of the molecule is CC(CNC(=O)c1ccc(C=CC(=O)O)cn1)N(C)C. The highest BCUT2D eigenvalue weighted by molar-refractivity contribution is 5.92. The van der Waals surface area contributed by atoms with Gasteiger partial charge in [-0.1, -0.05) is 6.07 Å². The summed E-state index contributed by atoms with van der Waals surface area (Å²) >= 11 is 0. The van der Waals surface area contributed by atoms with Crippen molar-refractivity contribution >= 4 is 18.0 Å². The molecule has 1 unspecified atom stereocenters.